The molecule has 23 heavy (non-hydrogen) atoms. The zero-order chi connectivity index (χ0) is 16.8. The van der Waals surface area contributed by atoms with E-state index in [0.717, 1.165) is 6.20 Å². The lowest BCUT2D eigenvalue weighted by Crippen LogP contribution is -1.96. The van der Waals surface area contributed by atoms with Gasteiger partial charge in [-0.15, -0.1) is 0 Å². The third-order valence-corrected chi connectivity index (χ3v) is 3.31. The SMILES string of the molecule is CCOc1cc(/C=N/Nc2ccc([N+](=O)[O-])cn2)cc(Br)c1O. The van der Waals surface area contributed by atoms with Gasteiger partial charge >= 0.3 is 0 Å². The van der Waals surface area contributed by atoms with Crippen LogP contribution in [-0.2, 0) is 0 Å². The first-order valence-electron chi connectivity index (χ1n) is 6.56. The Morgan fingerprint density at radius 3 is 2.91 bits per heavy atom. The number of rotatable bonds is 6. The predicted octanol–water partition coefficient (Wildman–Crippen LogP) is 3.30. The van der Waals surface area contributed by atoms with Gasteiger partial charge in [0.25, 0.3) is 5.69 Å². The molecule has 0 aliphatic heterocycles. The van der Waals surface area contributed by atoms with Crippen molar-refractivity contribution in [1.29, 1.82) is 0 Å². The van der Waals surface area contributed by atoms with Crippen molar-refractivity contribution in [1.82, 2.24) is 4.98 Å². The van der Waals surface area contributed by atoms with E-state index in [1.165, 1.54) is 18.3 Å². The van der Waals surface area contributed by atoms with Crippen LogP contribution >= 0.6 is 15.9 Å². The molecule has 2 rings (SSSR count). The molecule has 0 bridgehead atoms. The molecule has 1 aromatic heterocycles. The van der Waals surface area contributed by atoms with E-state index < -0.39 is 4.92 Å². The molecule has 9 heteroatoms. The van der Waals surface area contributed by atoms with E-state index in [1.807, 2.05) is 6.92 Å². The fourth-order valence-corrected chi connectivity index (χ4v) is 2.13. The summed E-state index contributed by atoms with van der Waals surface area (Å²) in [6, 6.07) is 6.09. The number of benzene rings is 1. The molecule has 0 aliphatic carbocycles. The molecule has 0 fully saturated rings. The molecule has 2 N–H and O–H groups in total. The minimum atomic E-state index is -0.525. The molecule has 0 unspecified atom stereocenters. The molecule has 0 saturated carbocycles. The summed E-state index contributed by atoms with van der Waals surface area (Å²) in [5.74, 6) is 0.737. The molecule has 0 amide bonds. The van der Waals surface area contributed by atoms with Crippen molar-refractivity contribution in [2.45, 2.75) is 6.92 Å². The number of pyridine rings is 1. The first kappa shape index (κ1) is 16.7. The molecule has 120 valence electrons. The van der Waals surface area contributed by atoms with Crippen LogP contribution in [0.15, 0.2) is 40.0 Å². The monoisotopic (exact) mass is 380 g/mol. The number of hydrazone groups is 1. The van der Waals surface area contributed by atoms with Gasteiger partial charge < -0.3 is 9.84 Å². The van der Waals surface area contributed by atoms with Gasteiger partial charge in [0.15, 0.2) is 11.5 Å². The van der Waals surface area contributed by atoms with Crippen molar-refractivity contribution in [2.75, 3.05) is 12.0 Å². The van der Waals surface area contributed by atoms with Crippen LogP contribution < -0.4 is 10.2 Å². The number of anilines is 1. The maximum absolute atomic E-state index is 10.5. The number of phenols is 1. The standard InChI is InChI=1S/C14H13BrN4O4/c1-2-23-12-6-9(5-11(15)14(12)20)7-17-18-13-4-3-10(8-16-13)19(21)22/h3-8,20H,2H2,1H3,(H,16,18)/b17-7+. The zero-order valence-corrected chi connectivity index (χ0v) is 13.6. The predicted molar refractivity (Wildman–Crippen MR) is 89.1 cm³/mol. The summed E-state index contributed by atoms with van der Waals surface area (Å²) < 4.78 is 5.80. The number of aromatic hydroxyl groups is 1. The summed E-state index contributed by atoms with van der Waals surface area (Å²) in [5.41, 5.74) is 3.26. The van der Waals surface area contributed by atoms with Gasteiger partial charge in [0, 0.05) is 6.07 Å². The van der Waals surface area contributed by atoms with Crippen LogP contribution in [0.3, 0.4) is 0 Å². The fourth-order valence-electron chi connectivity index (χ4n) is 1.67. The van der Waals surface area contributed by atoms with Gasteiger partial charge in [-0.2, -0.15) is 5.10 Å². The Bertz CT molecular complexity index is 734. The molecule has 2 aromatic rings. The van der Waals surface area contributed by atoms with E-state index in [4.69, 9.17) is 4.74 Å². The van der Waals surface area contributed by atoms with E-state index >= 15 is 0 Å². The number of phenolic OH excluding ortho intramolecular Hbond substituents is 1. The van der Waals surface area contributed by atoms with E-state index in [0.29, 0.717) is 28.2 Å². The van der Waals surface area contributed by atoms with Gasteiger partial charge in [-0.1, -0.05) is 0 Å². The summed E-state index contributed by atoms with van der Waals surface area (Å²) in [6.07, 6.45) is 2.65. The van der Waals surface area contributed by atoms with E-state index in [1.54, 1.807) is 12.1 Å². The van der Waals surface area contributed by atoms with Crippen molar-refractivity contribution in [3.8, 4) is 11.5 Å². The van der Waals surface area contributed by atoms with Crippen molar-refractivity contribution >= 4 is 33.6 Å². The van der Waals surface area contributed by atoms with E-state index in [-0.39, 0.29) is 11.4 Å². The van der Waals surface area contributed by atoms with Crippen LogP contribution in [0.4, 0.5) is 11.5 Å². The number of nitrogens with zero attached hydrogens (tertiary/aromatic N) is 3. The highest BCUT2D eigenvalue weighted by Crippen LogP contribution is 2.35. The molecule has 1 heterocycles. The van der Waals surface area contributed by atoms with Crippen molar-refractivity contribution in [2.24, 2.45) is 5.10 Å². The van der Waals surface area contributed by atoms with Gasteiger partial charge in [-0.3, -0.25) is 15.5 Å². The van der Waals surface area contributed by atoms with Crippen LogP contribution in [0.25, 0.3) is 0 Å². The summed E-state index contributed by atoms with van der Waals surface area (Å²) in [7, 11) is 0. The number of aromatic nitrogens is 1. The maximum atomic E-state index is 10.5. The largest absolute Gasteiger partial charge is 0.503 e. The second kappa shape index (κ2) is 7.54. The highest BCUT2D eigenvalue weighted by atomic mass is 79.9. The van der Waals surface area contributed by atoms with Crippen LogP contribution in [0.2, 0.25) is 0 Å². The first-order chi connectivity index (χ1) is 11.0. The second-order valence-corrected chi connectivity index (χ2v) is 5.17. The number of hydrogen-bond donors (Lipinski definition) is 2. The Morgan fingerprint density at radius 2 is 2.30 bits per heavy atom. The molecule has 0 spiro atoms. The van der Waals surface area contributed by atoms with Crippen LogP contribution in [0.1, 0.15) is 12.5 Å². The highest BCUT2D eigenvalue weighted by molar-refractivity contribution is 9.10. The van der Waals surface area contributed by atoms with Crippen LogP contribution in [0.5, 0.6) is 11.5 Å². The fraction of sp³-hybridized carbons (Fsp3) is 0.143. The lowest BCUT2D eigenvalue weighted by Gasteiger charge is -2.08. The number of ether oxygens (including phenoxy) is 1. The van der Waals surface area contributed by atoms with E-state index in [9.17, 15) is 15.2 Å². The van der Waals surface area contributed by atoms with Gasteiger partial charge in [0.2, 0.25) is 0 Å². The molecular formula is C14H13BrN4O4. The van der Waals surface area contributed by atoms with Crippen molar-refractivity contribution in [3.05, 3.63) is 50.6 Å². The highest BCUT2D eigenvalue weighted by Gasteiger charge is 2.08. The van der Waals surface area contributed by atoms with Gasteiger partial charge in [-0.25, -0.2) is 4.98 Å². The van der Waals surface area contributed by atoms with Crippen molar-refractivity contribution in [3.63, 3.8) is 0 Å². The Labute approximate surface area is 140 Å². The molecule has 0 aliphatic rings. The quantitative estimate of drug-likeness (QED) is 0.451. The maximum Gasteiger partial charge on any atom is 0.287 e. The Balaban J connectivity index is 2.09. The average Bonchev–Trinajstić information content (AvgIpc) is 2.53. The Hall–Kier alpha value is -2.68. The van der Waals surface area contributed by atoms with Crippen LogP contribution in [-0.4, -0.2) is 27.8 Å². The Morgan fingerprint density at radius 1 is 1.52 bits per heavy atom. The van der Waals surface area contributed by atoms with Gasteiger partial charge in [-0.05, 0) is 46.6 Å². The van der Waals surface area contributed by atoms with Gasteiger partial charge in [0.05, 0.1) is 22.2 Å². The number of hydrogen-bond acceptors (Lipinski definition) is 7. The third-order valence-electron chi connectivity index (χ3n) is 2.70. The lowest BCUT2D eigenvalue weighted by atomic mass is 10.2. The molecule has 0 saturated heterocycles. The number of nitro groups is 1. The molecule has 0 atom stereocenters. The second-order valence-electron chi connectivity index (χ2n) is 4.31. The topological polar surface area (TPSA) is 110 Å². The molecule has 1 aromatic carbocycles. The molecule has 8 nitrogen and oxygen atoms in total. The van der Waals surface area contributed by atoms with E-state index in [2.05, 4.69) is 31.4 Å². The summed E-state index contributed by atoms with van der Waals surface area (Å²) >= 11 is 3.24. The zero-order valence-electron chi connectivity index (χ0n) is 12.1. The average molecular weight is 381 g/mol. The minimum absolute atomic E-state index is 0.0222. The normalized spacial score (nSPS) is 10.7. The Kier molecular flexibility index (Phi) is 5.47. The lowest BCUT2D eigenvalue weighted by molar-refractivity contribution is -0.385. The molecule has 0 radical (unpaired) electrons. The number of halogens is 1. The first-order valence-corrected chi connectivity index (χ1v) is 7.35. The molecular weight excluding hydrogens is 368 g/mol. The summed E-state index contributed by atoms with van der Waals surface area (Å²) in [4.78, 5) is 13.9. The summed E-state index contributed by atoms with van der Waals surface area (Å²) in [5, 5.41) is 24.4. The van der Waals surface area contributed by atoms with Crippen LogP contribution in [0, 0.1) is 10.1 Å². The third kappa shape index (κ3) is 4.39. The number of nitrogens with one attached hydrogen (secondary N) is 1. The van der Waals surface area contributed by atoms with Crippen molar-refractivity contribution < 1.29 is 14.8 Å². The summed E-state index contributed by atoms with van der Waals surface area (Å²) in [6.45, 7) is 2.24. The minimum Gasteiger partial charge on any atom is -0.503 e. The van der Waals surface area contributed by atoms with Gasteiger partial charge in [0.1, 0.15) is 12.0 Å². The smallest absolute Gasteiger partial charge is 0.287 e.